The molecule has 0 aromatic heterocycles. The molecular weight excluding hydrogens is 355 g/mol. The fourth-order valence-corrected chi connectivity index (χ4v) is 1.46. The van der Waals surface area contributed by atoms with Crippen molar-refractivity contribution in [2.75, 3.05) is 45.9 Å². The van der Waals surface area contributed by atoms with Gasteiger partial charge in [-0.25, -0.2) is 0 Å². The molecule has 0 aliphatic rings. The van der Waals surface area contributed by atoms with Crippen LogP contribution in [0.5, 0.6) is 0 Å². The maximum absolute atomic E-state index is 10.4. The minimum absolute atomic E-state index is 0. The van der Waals surface area contributed by atoms with E-state index in [0.29, 0.717) is 0 Å². The number of aliphatic carboxylic acids is 3. The Hall–Kier alpha value is -0.231. The standard InChI is InChI=1S/C10H18N2O7.Fe.Na.H2O/c13-4-3-11(5-8(14)15)1-2-12(6-9(16)17)7-10(18)19;;;/h13H,1-7H2,(H,14,15)(H,16,17)(H,18,19);;;1H2/q;+3;+1;/p-4. The summed E-state index contributed by atoms with van der Waals surface area (Å²) in [5.74, 6) is -4.25. The third-order valence-electron chi connectivity index (χ3n) is 2.21. The van der Waals surface area contributed by atoms with Crippen LogP contribution in [0.3, 0.4) is 0 Å². The molecule has 1 radical (unpaired) electrons. The van der Waals surface area contributed by atoms with Crippen LogP contribution in [0, 0.1) is 0 Å². The first kappa shape index (κ1) is 29.7. The Morgan fingerprint density at radius 1 is 0.773 bits per heavy atom. The summed E-state index contributed by atoms with van der Waals surface area (Å²) in [5, 5.41) is 40.0. The van der Waals surface area contributed by atoms with Gasteiger partial charge in [-0.05, 0) is 0 Å². The average molecular weight is 371 g/mol. The zero-order chi connectivity index (χ0) is 14.8. The summed E-state index contributed by atoms with van der Waals surface area (Å²) < 4.78 is 0. The molecule has 0 rings (SSSR count). The van der Waals surface area contributed by atoms with Crippen molar-refractivity contribution >= 4 is 17.9 Å². The van der Waals surface area contributed by atoms with E-state index in [1.54, 1.807) is 0 Å². The van der Waals surface area contributed by atoms with Gasteiger partial charge < -0.3 is 40.3 Å². The predicted octanol–water partition coefficient (Wildman–Crippen LogP) is -9.34. The van der Waals surface area contributed by atoms with Gasteiger partial charge in [0.05, 0.1) is 24.5 Å². The largest absolute Gasteiger partial charge is 3.00 e. The number of aliphatic hydroxyl groups is 1. The molecule has 0 unspecified atom stereocenters. The van der Waals surface area contributed by atoms with E-state index in [1.807, 2.05) is 0 Å². The van der Waals surface area contributed by atoms with Crippen LogP contribution in [-0.4, -0.2) is 84.2 Å². The van der Waals surface area contributed by atoms with Crippen molar-refractivity contribution < 1.29 is 86.9 Å². The molecule has 22 heavy (non-hydrogen) atoms. The predicted molar refractivity (Wildman–Crippen MR) is 56.9 cm³/mol. The molecule has 0 saturated heterocycles. The van der Waals surface area contributed by atoms with Crippen LogP contribution in [0.25, 0.3) is 0 Å². The number of carbonyl (C=O) groups excluding carboxylic acids is 3. The molecule has 10 nitrogen and oxygen atoms in total. The Bertz CT molecular complexity index is 318. The normalized spacial score (nSPS) is 9.41. The Balaban J connectivity index is -0.000000540. The summed E-state index contributed by atoms with van der Waals surface area (Å²) in [7, 11) is 0. The first-order valence-electron chi connectivity index (χ1n) is 5.50. The van der Waals surface area contributed by atoms with Crippen molar-refractivity contribution in [2.24, 2.45) is 0 Å². The smallest absolute Gasteiger partial charge is 0.870 e. The van der Waals surface area contributed by atoms with Crippen molar-refractivity contribution in [1.29, 1.82) is 0 Å². The molecule has 0 atom stereocenters. The van der Waals surface area contributed by atoms with Gasteiger partial charge in [-0.15, -0.1) is 0 Å². The summed E-state index contributed by atoms with van der Waals surface area (Å²) in [4.78, 5) is 33.6. The first-order chi connectivity index (χ1) is 8.85. The number of carboxylic acids is 3. The van der Waals surface area contributed by atoms with E-state index in [1.165, 1.54) is 4.90 Å². The molecule has 0 bridgehead atoms. The van der Waals surface area contributed by atoms with E-state index in [9.17, 15) is 29.7 Å². The van der Waals surface area contributed by atoms with Gasteiger partial charge in [0.2, 0.25) is 0 Å². The SMILES string of the molecule is O=C([O-])CN(CCO)CCN(CC(=O)[O-])CC(=O)[O-].[Fe+3].[Na+].[OH-]. The van der Waals surface area contributed by atoms with Gasteiger partial charge in [0, 0.05) is 39.3 Å². The molecule has 0 amide bonds. The van der Waals surface area contributed by atoms with Crippen LogP contribution in [0.15, 0.2) is 0 Å². The number of carboxylic acid groups (broad SMARTS) is 3. The molecule has 0 spiro atoms. The van der Waals surface area contributed by atoms with Crippen molar-refractivity contribution in [3.63, 3.8) is 0 Å². The van der Waals surface area contributed by atoms with E-state index < -0.39 is 37.5 Å². The molecule has 0 heterocycles. The quantitative estimate of drug-likeness (QED) is 0.343. The topological polar surface area (TPSA) is 177 Å². The second-order valence-electron chi connectivity index (χ2n) is 3.83. The first-order valence-corrected chi connectivity index (χ1v) is 5.50. The molecule has 0 fully saturated rings. The molecule has 0 aliphatic carbocycles. The van der Waals surface area contributed by atoms with Gasteiger partial charge in [-0.1, -0.05) is 0 Å². The zero-order valence-electron chi connectivity index (χ0n) is 12.0. The summed E-state index contributed by atoms with van der Waals surface area (Å²) in [6.07, 6.45) is 0. The van der Waals surface area contributed by atoms with Crippen LogP contribution in [0.2, 0.25) is 0 Å². The van der Waals surface area contributed by atoms with E-state index in [0.717, 1.165) is 4.90 Å². The van der Waals surface area contributed by atoms with E-state index in [2.05, 4.69) is 0 Å². The average Bonchev–Trinajstić information content (AvgIpc) is 2.23. The van der Waals surface area contributed by atoms with Crippen molar-refractivity contribution in [3.8, 4) is 0 Å². The van der Waals surface area contributed by atoms with Gasteiger partial charge in [0.15, 0.2) is 0 Å². The van der Waals surface area contributed by atoms with E-state index >= 15 is 0 Å². The maximum atomic E-state index is 10.4. The van der Waals surface area contributed by atoms with Gasteiger partial charge in [-0.2, -0.15) is 0 Å². The van der Waals surface area contributed by atoms with Crippen molar-refractivity contribution in [3.05, 3.63) is 0 Å². The second kappa shape index (κ2) is 17.1. The third-order valence-corrected chi connectivity index (χ3v) is 2.21. The number of aliphatic hydroxyl groups excluding tert-OH is 1. The Morgan fingerprint density at radius 2 is 1.09 bits per heavy atom. The van der Waals surface area contributed by atoms with Crippen LogP contribution in [0.4, 0.5) is 0 Å². The van der Waals surface area contributed by atoms with E-state index in [-0.39, 0.29) is 78.3 Å². The number of hydrogen-bond donors (Lipinski definition) is 1. The fourth-order valence-electron chi connectivity index (χ4n) is 1.46. The second-order valence-corrected chi connectivity index (χ2v) is 3.83. The number of nitrogens with zero attached hydrogens (tertiary/aromatic N) is 2. The monoisotopic (exact) mass is 371 g/mol. The number of hydrogen-bond acceptors (Lipinski definition) is 10. The summed E-state index contributed by atoms with van der Waals surface area (Å²) in [6, 6.07) is 0. The molecule has 12 heteroatoms. The minimum atomic E-state index is -1.45. The maximum Gasteiger partial charge on any atom is 3.00 e. The van der Waals surface area contributed by atoms with E-state index in [4.69, 9.17) is 5.11 Å². The minimum Gasteiger partial charge on any atom is -0.870 e. The van der Waals surface area contributed by atoms with Gasteiger partial charge in [0.25, 0.3) is 0 Å². The number of rotatable bonds is 11. The molecule has 0 aliphatic heterocycles. The van der Waals surface area contributed by atoms with Crippen molar-refractivity contribution in [1.82, 2.24) is 9.80 Å². The summed E-state index contributed by atoms with van der Waals surface area (Å²) in [6.45, 7) is -1.83. The summed E-state index contributed by atoms with van der Waals surface area (Å²) in [5.41, 5.74) is 0. The van der Waals surface area contributed by atoms with Crippen LogP contribution < -0.4 is 44.9 Å². The van der Waals surface area contributed by atoms with Crippen molar-refractivity contribution in [2.45, 2.75) is 0 Å². The number of carbonyl (C=O) groups is 3. The molecule has 0 aromatic rings. The summed E-state index contributed by atoms with van der Waals surface area (Å²) >= 11 is 0. The molecule has 123 valence electrons. The van der Waals surface area contributed by atoms with Crippen LogP contribution in [-0.2, 0) is 31.5 Å². The van der Waals surface area contributed by atoms with Gasteiger partial charge in [-0.3, -0.25) is 9.80 Å². The molecule has 2 N–H and O–H groups in total. The third kappa shape index (κ3) is 17.8. The molecule has 0 saturated carbocycles. The Kier molecular flexibility index (Phi) is 23.2. The molecule has 0 aromatic carbocycles. The molecular formula is C10H16FeN2NaO8. The van der Waals surface area contributed by atoms with Gasteiger partial charge in [0.1, 0.15) is 0 Å². The van der Waals surface area contributed by atoms with Crippen LogP contribution in [0.1, 0.15) is 0 Å². The fraction of sp³-hybridized carbons (Fsp3) is 0.700. The van der Waals surface area contributed by atoms with Gasteiger partial charge >= 0.3 is 46.6 Å². The Morgan fingerprint density at radius 3 is 1.41 bits per heavy atom. The van der Waals surface area contributed by atoms with Crippen LogP contribution >= 0.6 is 0 Å². The Labute approximate surface area is 160 Å². The zero-order valence-corrected chi connectivity index (χ0v) is 15.1.